The number of carbonyl (C=O) groups is 3. The molecule has 3 aromatic rings. The van der Waals surface area contributed by atoms with Gasteiger partial charge in [0.05, 0.1) is 84.6 Å². The number of aromatic nitrogens is 2. The van der Waals surface area contributed by atoms with Gasteiger partial charge in [0.2, 0.25) is 17.8 Å². The topological polar surface area (TPSA) is 247 Å². The number of primary amides is 1. The van der Waals surface area contributed by atoms with Gasteiger partial charge in [-0.15, -0.1) is 0 Å². The van der Waals surface area contributed by atoms with Crippen molar-refractivity contribution in [1.29, 1.82) is 0 Å². The molecule has 2 heterocycles. The molecule has 1 fully saturated rings. The first-order chi connectivity index (χ1) is 30.8. The highest BCUT2D eigenvalue weighted by Crippen LogP contribution is 2.41. The van der Waals surface area contributed by atoms with Crippen molar-refractivity contribution in [3.05, 3.63) is 59.3 Å². The minimum absolute atomic E-state index is 0.0649. The first-order valence-electron chi connectivity index (χ1n) is 22.2. The number of hydrogen-bond acceptors (Lipinski definition) is 15. The van der Waals surface area contributed by atoms with Crippen LogP contribution in [0.1, 0.15) is 81.4 Å². The fraction of sp³-hybridized carbons (Fsp3) is 0.587. The Kier molecular flexibility index (Phi) is 21.6. The van der Waals surface area contributed by atoms with Crippen LogP contribution in [0.25, 0.3) is 0 Å². The van der Waals surface area contributed by atoms with Crippen molar-refractivity contribution < 1.29 is 47.5 Å². The van der Waals surface area contributed by atoms with Crippen molar-refractivity contribution in [3.63, 3.8) is 0 Å². The molecule has 0 saturated carbocycles. The van der Waals surface area contributed by atoms with Crippen LogP contribution in [0, 0.1) is 5.41 Å². The Morgan fingerprint density at radius 1 is 0.797 bits per heavy atom. The van der Waals surface area contributed by atoms with Gasteiger partial charge in [-0.25, -0.2) is 4.98 Å². The van der Waals surface area contributed by atoms with Crippen molar-refractivity contribution >= 4 is 35.2 Å². The summed E-state index contributed by atoms with van der Waals surface area (Å²) in [5, 5.41) is 5.76. The molecule has 2 aromatic carbocycles. The van der Waals surface area contributed by atoms with E-state index in [0.29, 0.717) is 134 Å². The largest absolute Gasteiger partial charge is 0.495 e. The van der Waals surface area contributed by atoms with Crippen LogP contribution in [0.2, 0.25) is 0 Å². The molecule has 0 radical (unpaired) electrons. The smallest absolute Gasteiger partial charge is 0.251 e. The second kappa shape index (κ2) is 27.0. The molecule has 1 saturated heterocycles. The number of rotatable bonds is 30. The summed E-state index contributed by atoms with van der Waals surface area (Å²) in [6, 6.07) is 12.6. The molecular weight excluding hydrogens is 825 g/mol. The number of nitrogens with two attached hydrogens (primary N) is 3. The van der Waals surface area contributed by atoms with Gasteiger partial charge in [0.25, 0.3) is 5.91 Å². The lowest BCUT2D eigenvalue weighted by Crippen LogP contribution is -2.45. The second-order valence-electron chi connectivity index (χ2n) is 16.5. The first kappa shape index (κ1) is 51.2. The zero-order valence-electron chi connectivity index (χ0n) is 38.3. The van der Waals surface area contributed by atoms with Gasteiger partial charge in [-0.2, -0.15) is 4.98 Å². The minimum atomic E-state index is -0.427. The van der Waals surface area contributed by atoms with E-state index in [2.05, 4.69) is 46.3 Å². The van der Waals surface area contributed by atoms with E-state index < -0.39 is 6.04 Å². The van der Waals surface area contributed by atoms with Gasteiger partial charge in [0.1, 0.15) is 17.5 Å². The molecule has 354 valence electrons. The Hall–Kier alpha value is -5.43. The quantitative estimate of drug-likeness (QED) is 0.0597. The molecule has 8 N–H and O–H groups in total. The van der Waals surface area contributed by atoms with Crippen LogP contribution in [0.3, 0.4) is 0 Å². The summed E-state index contributed by atoms with van der Waals surface area (Å²) < 4.78 is 39.8. The van der Waals surface area contributed by atoms with E-state index in [-0.39, 0.29) is 40.9 Å². The standard InChI is InChI=1S/C46H70N8O10/c1-6-35-41(42(47)53-45(49)52-35)64-21-9-20-63-38-11-8-7-10-32(38)13-17-40(55)50-18-22-59-24-26-61-28-29-62-27-25-60-23-19-51-44(57)33-12-15-36(39(30-33)58-5)54-34(31-46(2,3)4)14-16-37(54)43(48)56/h7-8,10-12,15,30,34,37H,6,9,13-14,16-29,31H2,1-5H3,(H2,48,56)(H,50,55)(H,51,57)(H4,47,49,52,53). The molecular formula is C46H70N8O10. The molecule has 0 aliphatic carbocycles. The van der Waals surface area contributed by atoms with Crippen LogP contribution in [-0.4, -0.2) is 126 Å². The summed E-state index contributed by atoms with van der Waals surface area (Å²) in [5.41, 5.74) is 20.3. The molecule has 4 rings (SSSR count). The van der Waals surface area contributed by atoms with Gasteiger partial charge >= 0.3 is 0 Å². The van der Waals surface area contributed by atoms with Crippen LogP contribution in [-0.2, 0) is 41.4 Å². The Bertz CT molecular complexity index is 1910. The van der Waals surface area contributed by atoms with Gasteiger partial charge in [-0.3, -0.25) is 14.4 Å². The monoisotopic (exact) mass is 895 g/mol. The summed E-state index contributed by atoms with van der Waals surface area (Å²) in [4.78, 5) is 48.0. The summed E-state index contributed by atoms with van der Waals surface area (Å²) in [7, 11) is 1.56. The Balaban J connectivity index is 0.972. The highest BCUT2D eigenvalue weighted by molar-refractivity contribution is 5.95. The molecule has 2 unspecified atom stereocenters. The number of amides is 3. The molecule has 1 aromatic heterocycles. The van der Waals surface area contributed by atoms with E-state index in [9.17, 15) is 14.4 Å². The lowest BCUT2D eigenvalue weighted by atomic mass is 9.87. The maximum absolute atomic E-state index is 12.9. The van der Waals surface area contributed by atoms with E-state index in [0.717, 1.165) is 29.8 Å². The molecule has 18 heteroatoms. The summed E-state index contributed by atoms with van der Waals surface area (Å²) in [6.45, 7) is 13.0. The fourth-order valence-corrected chi connectivity index (χ4v) is 7.37. The number of methoxy groups -OCH3 is 1. The van der Waals surface area contributed by atoms with Gasteiger partial charge < -0.3 is 65.9 Å². The van der Waals surface area contributed by atoms with Crippen LogP contribution < -0.4 is 46.9 Å². The average Bonchev–Trinajstić information content (AvgIpc) is 3.67. The number of hydrogen-bond donors (Lipinski definition) is 5. The SMILES string of the molecule is CCc1nc(N)nc(N)c1OCCCOc1ccccc1CCC(=O)NCCOCCOCCOCCOCCNC(=O)c1ccc(N2C(CC(C)(C)C)CCC2C(N)=O)c(OC)c1. The third kappa shape index (κ3) is 17.3. The normalized spacial score (nSPS) is 14.9. The summed E-state index contributed by atoms with van der Waals surface area (Å²) in [5.74, 6) is 1.35. The number of nitrogens with one attached hydrogen (secondary N) is 2. The number of benzene rings is 2. The van der Waals surface area contributed by atoms with E-state index in [1.165, 1.54) is 0 Å². The summed E-state index contributed by atoms with van der Waals surface area (Å²) >= 11 is 0. The van der Waals surface area contributed by atoms with Gasteiger partial charge in [0, 0.05) is 37.5 Å². The van der Waals surface area contributed by atoms with Crippen molar-refractivity contribution in [2.45, 2.75) is 84.7 Å². The molecule has 1 aliphatic rings. The Morgan fingerprint density at radius 2 is 1.44 bits per heavy atom. The average molecular weight is 895 g/mol. The Morgan fingerprint density at radius 3 is 2.08 bits per heavy atom. The predicted molar refractivity (Wildman–Crippen MR) is 245 cm³/mol. The van der Waals surface area contributed by atoms with Gasteiger partial charge in [0.15, 0.2) is 11.6 Å². The number of nitrogens with zero attached hydrogens (tertiary/aromatic N) is 3. The Labute approximate surface area is 377 Å². The molecule has 0 bridgehead atoms. The molecule has 2 atom stereocenters. The van der Waals surface area contributed by atoms with E-state index in [4.69, 9.17) is 50.4 Å². The van der Waals surface area contributed by atoms with Gasteiger partial charge in [-0.05, 0) is 67.3 Å². The van der Waals surface area contributed by atoms with Crippen molar-refractivity contribution in [2.24, 2.45) is 11.1 Å². The van der Waals surface area contributed by atoms with Crippen molar-refractivity contribution in [1.82, 2.24) is 20.6 Å². The van der Waals surface area contributed by atoms with Crippen molar-refractivity contribution in [3.8, 4) is 17.2 Å². The molecule has 18 nitrogen and oxygen atoms in total. The predicted octanol–water partition coefficient (Wildman–Crippen LogP) is 3.86. The third-order valence-corrected chi connectivity index (χ3v) is 10.3. The maximum Gasteiger partial charge on any atom is 0.251 e. The fourth-order valence-electron chi connectivity index (χ4n) is 7.37. The molecule has 3 amide bonds. The molecule has 1 aliphatic heterocycles. The number of nitrogen functional groups attached to an aromatic ring is 2. The summed E-state index contributed by atoms with van der Waals surface area (Å²) in [6.07, 6.45) is 4.51. The number of aryl methyl sites for hydroxylation is 2. The number of carbonyl (C=O) groups excluding carboxylic acids is 3. The minimum Gasteiger partial charge on any atom is -0.495 e. The lowest BCUT2D eigenvalue weighted by molar-refractivity contribution is -0.121. The van der Waals surface area contributed by atoms with Gasteiger partial charge in [-0.1, -0.05) is 45.9 Å². The third-order valence-electron chi connectivity index (χ3n) is 10.3. The number of anilines is 3. The molecule has 0 spiro atoms. The van der Waals surface area contributed by atoms with Crippen LogP contribution in [0.4, 0.5) is 17.5 Å². The van der Waals surface area contributed by atoms with Crippen LogP contribution in [0.15, 0.2) is 42.5 Å². The van der Waals surface area contributed by atoms with Crippen LogP contribution in [0.5, 0.6) is 17.2 Å². The number of para-hydroxylation sites is 1. The van der Waals surface area contributed by atoms with Crippen molar-refractivity contribution in [2.75, 3.05) is 103 Å². The zero-order valence-corrected chi connectivity index (χ0v) is 38.3. The lowest BCUT2D eigenvalue weighted by Gasteiger charge is -2.35. The highest BCUT2D eigenvalue weighted by Gasteiger charge is 2.40. The maximum atomic E-state index is 12.9. The highest BCUT2D eigenvalue weighted by atomic mass is 16.6. The van der Waals surface area contributed by atoms with E-state index >= 15 is 0 Å². The van der Waals surface area contributed by atoms with E-state index in [1.54, 1.807) is 19.2 Å². The zero-order chi connectivity index (χ0) is 46.3. The number of ether oxygens (including phenoxy) is 7. The van der Waals surface area contributed by atoms with Crippen LogP contribution >= 0.6 is 0 Å². The molecule has 64 heavy (non-hydrogen) atoms. The van der Waals surface area contributed by atoms with E-state index in [1.807, 2.05) is 37.3 Å². The second-order valence-corrected chi connectivity index (χ2v) is 16.5. The first-order valence-corrected chi connectivity index (χ1v) is 22.2.